The summed E-state index contributed by atoms with van der Waals surface area (Å²) in [5.41, 5.74) is 3.57. The maximum absolute atomic E-state index is 14.3. The third kappa shape index (κ3) is 4.98. The standard InChI is InChI=1S/C19H27ClFN5O4/c1-18(2,3)30-17(28)26-5-4-12(21)11-19(26,22)15(27)16-23-13(20)10-14(24-16)25-6-8-29-9-7-25/h10,12H,4-9,11,22H2,1-3H3. The van der Waals surface area contributed by atoms with Crippen molar-refractivity contribution in [2.45, 2.75) is 51.0 Å². The molecule has 1 aromatic rings. The van der Waals surface area contributed by atoms with Gasteiger partial charge in [-0.15, -0.1) is 0 Å². The van der Waals surface area contributed by atoms with Gasteiger partial charge in [0.15, 0.2) is 5.66 Å². The van der Waals surface area contributed by atoms with Crippen LogP contribution in [0, 0.1) is 0 Å². The fraction of sp³-hybridized carbons (Fsp3) is 0.684. The molecule has 0 aliphatic carbocycles. The van der Waals surface area contributed by atoms with E-state index in [1.165, 1.54) is 6.07 Å². The fourth-order valence-corrected chi connectivity index (χ4v) is 3.64. The van der Waals surface area contributed by atoms with Crippen LogP contribution in [0.2, 0.25) is 5.15 Å². The molecule has 0 saturated carbocycles. The number of ether oxygens (including phenoxy) is 2. The van der Waals surface area contributed by atoms with Gasteiger partial charge in [0, 0.05) is 32.1 Å². The van der Waals surface area contributed by atoms with Gasteiger partial charge in [-0.05, 0) is 27.2 Å². The highest BCUT2D eigenvalue weighted by Gasteiger charge is 2.50. The number of Topliss-reactive ketones (excluding diaryl/α,β-unsaturated/α-hetero) is 1. The summed E-state index contributed by atoms with van der Waals surface area (Å²) in [6.07, 6.45) is -2.47. The average Bonchev–Trinajstić information content (AvgIpc) is 2.66. The van der Waals surface area contributed by atoms with E-state index in [9.17, 15) is 14.0 Å². The molecule has 2 N–H and O–H groups in total. The molecule has 3 rings (SSSR count). The molecule has 1 amide bonds. The Morgan fingerprint density at radius 3 is 2.60 bits per heavy atom. The zero-order chi connectivity index (χ0) is 22.1. The van der Waals surface area contributed by atoms with Gasteiger partial charge in [0.1, 0.15) is 22.7 Å². The first-order valence-electron chi connectivity index (χ1n) is 9.85. The molecular formula is C19H27ClFN5O4. The average molecular weight is 444 g/mol. The Balaban J connectivity index is 1.93. The van der Waals surface area contributed by atoms with Gasteiger partial charge in [0.25, 0.3) is 0 Å². The van der Waals surface area contributed by atoms with Crippen LogP contribution in [0.3, 0.4) is 0 Å². The van der Waals surface area contributed by atoms with Crippen LogP contribution in [0.15, 0.2) is 6.07 Å². The predicted octanol–water partition coefficient (Wildman–Crippen LogP) is 2.17. The smallest absolute Gasteiger partial charge is 0.412 e. The van der Waals surface area contributed by atoms with Crippen LogP contribution in [0.4, 0.5) is 15.0 Å². The van der Waals surface area contributed by atoms with Crippen molar-refractivity contribution in [3.05, 3.63) is 17.0 Å². The van der Waals surface area contributed by atoms with E-state index in [1.54, 1.807) is 20.8 Å². The Hall–Kier alpha value is -2.04. The minimum Gasteiger partial charge on any atom is -0.444 e. The molecule has 9 nitrogen and oxygen atoms in total. The maximum atomic E-state index is 14.3. The first-order chi connectivity index (χ1) is 14.0. The number of amides is 1. The second kappa shape index (κ2) is 8.60. The number of carbonyl (C=O) groups excluding carboxylic acids is 2. The molecule has 2 saturated heterocycles. The number of aromatic nitrogens is 2. The number of halogens is 2. The fourth-order valence-electron chi connectivity index (χ4n) is 3.46. The lowest BCUT2D eigenvalue weighted by atomic mass is 9.90. The normalized spacial score (nSPS) is 25.2. The van der Waals surface area contributed by atoms with E-state index < -0.39 is 29.3 Å². The van der Waals surface area contributed by atoms with Gasteiger partial charge in [-0.1, -0.05) is 11.6 Å². The van der Waals surface area contributed by atoms with Crippen LogP contribution < -0.4 is 10.6 Å². The Labute approximate surface area is 179 Å². The number of alkyl halides is 1. The lowest BCUT2D eigenvalue weighted by Crippen LogP contribution is -2.67. The van der Waals surface area contributed by atoms with Gasteiger partial charge in [0.2, 0.25) is 11.6 Å². The molecule has 0 spiro atoms. The van der Waals surface area contributed by atoms with Gasteiger partial charge >= 0.3 is 6.09 Å². The van der Waals surface area contributed by atoms with Crippen molar-refractivity contribution in [3.63, 3.8) is 0 Å². The van der Waals surface area contributed by atoms with E-state index in [0.717, 1.165) is 4.90 Å². The largest absolute Gasteiger partial charge is 0.444 e. The molecule has 0 radical (unpaired) electrons. The van der Waals surface area contributed by atoms with Crippen molar-refractivity contribution >= 4 is 29.3 Å². The lowest BCUT2D eigenvalue weighted by molar-refractivity contribution is -0.0211. The van der Waals surface area contributed by atoms with Crippen molar-refractivity contribution < 1.29 is 23.5 Å². The highest BCUT2D eigenvalue weighted by Crippen LogP contribution is 2.31. The summed E-state index contributed by atoms with van der Waals surface area (Å²) in [6.45, 7) is 7.21. The Bertz CT molecular complexity index is 815. The summed E-state index contributed by atoms with van der Waals surface area (Å²) < 4.78 is 25.0. The highest BCUT2D eigenvalue weighted by atomic mass is 35.5. The molecule has 1 aromatic heterocycles. The number of nitrogens with zero attached hydrogens (tertiary/aromatic N) is 4. The molecule has 0 bridgehead atoms. The van der Waals surface area contributed by atoms with Crippen molar-refractivity contribution in [1.82, 2.24) is 14.9 Å². The number of hydrogen-bond donors (Lipinski definition) is 1. The van der Waals surface area contributed by atoms with E-state index in [0.29, 0.717) is 32.1 Å². The monoisotopic (exact) mass is 443 g/mol. The number of piperidine rings is 1. The number of ketones is 1. The molecule has 30 heavy (non-hydrogen) atoms. The molecule has 2 fully saturated rings. The molecule has 2 aliphatic rings. The zero-order valence-corrected chi connectivity index (χ0v) is 18.1. The van der Waals surface area contributed by atoms with Crippen LogP contribution in [0.1, 0.15) is 44.2 Å². The zero-order valence-electron chi connectivity index (χ0n) is 17.4. The van der Waals surface area contributed by atoms with Crippen LogP contribution in [-0.4, -0.2) is 77.0 Å². The van der Waals surface area contributed by atoms with Crippen LogP contribution in [0.25, 0.3) is 0 Å². The second-order valence-electron chi connectivity index (χ2n) is 8.45. The number of anilines is 1. The number of hydrogen-bond acceptors (Lipinski definition) is 8. The Morgan fingerprint density at radius 1 is 1.30 bits per heavy atom. The topological polar surface area (TPSA) is 111 Å². The van der Waals surface area contributed by atoms with Gasteiger partial charge in [-0.2, -0.15) is 0 Å². The van der Waals surface area contributed by atoms with E-state index in [-0.39, 0.29) is 30.4 Å². The maximum Gasteiger partial charge on any atom is 0.412 e. The van der Waals surface area contributed by atoms with Gasteiger partial charge in [-0.3, -0.25) is 9.69 Å². The van der Waals surface area contributed by atoms with Crippen molar-refractivity contribution in [3.8, 4) is 0 Å². The molecule has 2 unspecified atom stereocenters. The molecule has 3 heterocycles. The number of morpholine rings is 1. The molecule has 11 heteroatoms. The van der Waals surface area contributed by atoms with Crippen molar-refractivity contribution in [2.24, 2.45) is 5.73 Å². The van der Waals surface area contributed by atoms with E-state index >= 15 is 0 Å². The second-order valence-corrected chi connectivity index (χ2v) is 8.83. The van der Waals surface area contributed by atoms with Crippen LogP contribution in [-0.2, 0) is 9.47 Å². The molecule has 2 atom stereocenters. The molecule has 166 valence electrons. The van der Waals surface area contributed by atoms with Gasteiger partial charge in [0.05, 0.1) is 13.2 Å². The summed E-state index contributed by atoms with van der Waals surface area (Å²) in [5, 5.41) is 0.0508. The minimum atomic E-state index is -1.98. The third-order valence-corrected chi connectivity index (χ3v) is 5.10. The summed E-state index contributed by atoms with van der Waals surface area (Å²) in [5.74, 6) is -0.608. The SMILES string of the molecule is CC(C)(C)OC(=O)N1CCC(F)CC1(N)C(=O)c1nc(Cl)cc(N2CCOCC2)n1. The van der Waals surface area contributed by atoms with Crippen LogP contribution in [0.5, 0.6) is 0 Å². The van der Waals surface area contributed by atoms with Crippen molar-refractivity contribution in [1.29, 1.82) is 0 Å². The predicted molar refractivity (Wildman–Crippen MR) is 108 cm³/mol. The number of nitrogens with two attached hydrogens (primary N) is 1. The Kier molecular flexibility index (Phi) is 6.49. The van der Waals surface area contributed by atoms with E-state index in [1.807, 2.05) is 4.90 Å². The molecular weight excluding hydrogens is 417 g/mol. The van der Waals surface area contributed by atoms with E-state index in [2.05, 4.69) is 9.97 Å². The third-order valence-electron chi connectivity index (χ3n) is 4.91. The van der Waals surface area contributed by atoms with Crippen LogP contribution >= 0.6 is 11.6 Å². The van der Waals surface area contributed by atoms with E-state index in [4.69, 9.17) is 26.8 Å². The summed E-state index contributed by atoms with van der Waals surface area (Å²) in [6, 6.07) is 1.54. The first-order valence-corrected chi connectivity index (χ1v) is 10.2. The highest BCUT2D eigenvalue weighted by molar-refractivity contribution is 6.29. The number of rotatable bonds is 3. The first kappa shape index (κ1) is 22.6. The van der Waals surface area contributed by atoms with Gasteiger partial charge < -0.3 is 20.1 Å². The van der Waals surface area contributed by atoms with Gasteiger partial charge in [-0.25, -0.2) is 19.2 Å². The minimum absolute atomic E-state index is 0.0508. The summed E-state index contributed by atoms with van der Waals surface area (Å²) >= 11 is 6.13. The van der Waals surface area contributed by atoms with Crippen molar-refractivity contribution in [2.75, 3.05) is 37.7 Å². The Morgan fingerprint density at radius 2 is 1.97 bits per heavy atom. The summed E-state index contributed by atoms with van der Waals surface area (Å²) in [4.78, 5) is 37.4. The molecule has 2 aliphatic heterocycles. The quantitative estimate of drug-likeness (QED) is 0.559. The number of carbonyl (C=O) groups is 2. The lowest BCUT2D eigenvalue weighted by Gasteiger charge is -2.43. The molecule has 0 aromatic carbocycles. The summed E-state index contributed by atoms with van der Waals surface area (Å²) in [7, 11) is 0. The number of likely N-dealkylation sites (tertiary alicyclic amines) is 1.